The molecule has 31 heavy (non-hydrogen) atoms. The summed E-state index contributed by atoms with van der Waals surface area (Å²) in [5.74, 6) is 0.555. The highest BCUT2D eigenvalue weighted by atomic mass is 35.5. The van der Waals surface area contributed by atoms with Gasteiger partial charge in [-0.25, -0.2) is 10.2 Å². The molecule has 1 amide bonds. The first-order valence-corrected chi connectivity index (χ1v) is 9.69. The average Bonchev–Trinajstić information content (AvgIpc) is 3.22. The predicted octanol–water partition coefficient (Wildman–Crippen LogP) is 4.36. The Morgan fingerprint density at radius 1 is 1.03 bits per heavy atom. The van der Waals surface area contributed by atoms with E-state index in [1.807, 2.05) is 6.92 Å². The molecule has 8 heteroatoms. The standard InChI is InChI=1S/C23H17ClN2O5/c1-14-2-8-18(19(24)10-14)22(27)26-25-12-15-3-6-17(7-4-15)31-23(28)16-5-9-20-21(11-16)30-13-29-20/h2-12H,13H2,1H3,(H,26,27)/b25-12-. The van der Waals surface area contributed by atoms with Crippen LogP contribution in [0.1, 0.15) is 31.8 Å². The first-order valence-electron chi connectivity index (χ1n) is 9.31. The highest BCUT2D eigenvalue weighted by Crippen LogP contribution is 2.32. The third-order valence-corrected chi connectivity index (χ3v) is 4.76. The quantitative estimate of drug-likeness (QED) is 0.278. The minimum absolute atomic E-state index is 0.134. The summed E-state index contributed by atoms with van der Waals surface area (Å²) in [6.45, 7) is 2.02. The van der Waals surface area contributed by atoms with Crippen LogP contribution in [-0.2, 0) is 0 Å². The molecule has 0 unspecified atom stereocenters. The van der Waals surface area contributed by atoms with Gasteiger partial charge in [0, 0.05) is 0 Å². The lowest BCUT2D eigenvalue weighted by Gasteiger charge is -2.06. The van der Waals surface area contributed by atoms with E-state index in [0.717, 1.165) is 5.56 Å². The van der Waals surface area contributed by atoms with Crippen LogP contribution in [-0.4, -0.2) is 24.9 Å². The van der Waals surface area contributed by atoms with Gasteiger partial charge in [0.15, 0.2) is 11.5 Å². The summed E-state index contributed by atoms with van der Waals surface area (Å²) in [7, 11) is 0. The van der Waals surface area contributed by atoms with E-state index in [2.05, 4.69) is 10.5 Å². The van der Waals surface area contributed by atoms with Gasteiger partial charge in [0.25, 0.3) is 5.91 Å². The molecule has 0 radical (unpaired) electrons. The normalized spacial score (nSPS) is 12.1. The van der Waals surface area contributed by atoms with E-state index >= 15 is 0 Å². The van der Waals surface area contributed by atoms with Crippen molar-refractivity contribution in [2.75, 3.05) is 6.79 Å². The number of amides is 1. The van der Waals surface area contributed by atoms with E-state index in [4.69, 9.17) is 25.8 Å². The van der Waals surface area contributed by atoms with Gasteiger partial charge in [0.1, 0.15) is 5.75 Å². The second-order valence-electron chi connectivity index (χ2n) is 6.71. The second-order valence-corrected chi connectivity index (χ2v) is 7.12. The fourth-order valence-electron chi connectivity index (χ4n) is 2.84. The molecule has 1 aliphatic rings. The van der Waals surface area contributed by atoms with Gasteiger partial charge in [-0.3, -0.25) is 4.79 Å². The molecule has 0 saturated heterocycles. The molecule has 0 saturated carbocycles. The maximum atomic E-state index is 12.3. The molecular formula is C23H17ClN2O5. The highest BCUT2D eigenvalue weighted by Gasteiger charge is 2.17. The van der Waals surface area contributed by atoms with Gasteiger partial charge >= 0.3 is 5.97 Å². The van der Waals surface area contributed by atoms with Crippen LogP contribution in [0, 0.1) is 6.92 Å². The Morgan fingerprint density at radius 3 is 2.58 bits per heavy atom. The van der Waals surface area contributed by atoms with Crippen LogP contribution in [0.4, 0.5) is 0 Å². The number of esters is 1. The summed E-state index contributed by atoms with van der Waals surface area (Å²) >= 11 is 6.08. The molecule has 3 aromatic rings. The van der Waals surface area contributed by atoms with Crippen molar-refractivity contribution in [2.24, 2.45) is 5.10 Å². The topological polar surface area (TPSA) is 86.2 Å². The van der Waals surface area contributed by atoms with E-state index in [1.54, 1.807) is 60.7 Å². The zero-order valence-corrected chi connectivity index (χ0v) is 17.2. The number of ether oxygens (including phenoxy) is 3. The van der Waals surface area contributed by atoms with E-state index < -0.39 is 11.9 Å². The van der Waals surface area contributed by atoms with Gasteiger partial charge in [0.2, 0.25) is 6.79 Å². The summed E-state index contributed by atoms with van der Waals surface area (Å²) in [5, 5.41) is 4.30. The Morgan fingerprint density at radius 2 is 1.81 bits per heavy atom. The zero-order valence-electron chi connectivity index (χ0n) is 16.4. The van der Waals surface area contributed by atoms with Crippen LogP contribution in [0.2, 0.25) is 5.02 Å². The molecule has 4 rings (SSSR count). The van der Waals surface area contributed by atoms with Gasteiger partial charge < -0.3 is 14.2 Å². The van der Waals surface area contributed by atoms with Gasteiger partial charge in [-0.05, 0) is 72.6 Å². The Balaban J connectivity index is 1.34. The van der Waals surface area contributed by atoms with E-state index in [9.17, 15) is 9.59 Å². The largest absolute Gasteiger partial charge is 0.454 e. The summed E-state index contributed by atoms with van der Waals surface area (Å²) in [6, 6.07) is 16.7. The maximum absolute atomic E-state index is 12.3. The van der Waals surface area contributed by atoms with Crippen molar-refractivity contribution in [1.82, 2.24) is 5.43 Å². The number of halogens is 1. The number of hydrogen-bond acceptors (Lipinski definition) is 6. The number of fused-ring (bicyclic) bond motifs is 1. The van der Waals surface area contributed by atoms with Crippen molar-refractivity contribution < 1.29 is 23.8 Å². The molecule has 0 bridgehead atoms. The van der Waals surface area contributed by atoms with Crippen LogP contribution in [0.15, 0.2) is 65.8 Å². The molecule has 0 fully saturated rings. The van der Waals surface area contributed by atoms with Gasteiger partial charge in [-0.1, -0.05) is 17.7 Å². The smallest absolute Gasteiger partial charge is 0.343 e. The summed E-state index contributed by atoms with van der Waals surface area (Å²) < 4.78 is 15.9. The van der Waals surface area contributed by atoms with Crippen molar-refractivity contribution in [3.05, 3.63) is 87.9 Å². The van der Waals surface area contributed by atoms with E-state index in [0.29, 0.717) is 39.0 Å². The number of hydrazone groups is 1. The first kappa shape index (κ1) is 20.4. The highest BCUT2D eigenvalue weighted by molar-refractivity contribution is 6.33. The fourth-order valence-corrected chi connectivity index (χ4v) is 3.16. The lowest BCUT2D eigenvalue weighted by Crippen LogP contribution is -2.18. The molecular weight excluding hydrogens is 420 g/mol. The van der Waals surface area contributed by atoms with Crippen LogP contribution < -0.4 is 19.6 Å². The van der Waals surface area contributed by atoms with Crippen molar-refractivity contribution in [3.63, 3.8) is 0 Å². The minimum Gasteiger partial charge on any atom is -0.454 e. The maximum Gasteiger partial charge on any atom is 0.343 e. The monoisotopic (exact) mass is 436 g/mol. The molecule has 156 valence electrons. The predicted molar refractivity (Wildman–Crippen MR) is 115 cm³/mol. The number of rotatable bonds is 5. The number of benzene rings is 3. The number of hydrogen-bond donors (Lipinski definition) is 1. The lowest BCUT2D eigenvalue weighted by atomic mass is 10.1. The Kier molecular flexibility index (Phi) is 5.86. The van der Waals surface area contributed by atoms with Gasteiger partial charge in [0.05, 0.1) is 22.4 Å². The van der Waals surface area contributed by atoms with E-state index in [1.165, 1.54) is 6.21 Å². The third-order valence-electron chi connectivity index (χ3n) is 4.45. The van der Waals surface area contributed by atoms with Crippen molar-refractivity contribution in [1.29, 1.82) is 0 Å². The molecule has 1 aliphatic heterocycles. The molecule has 1 N–H and O–H groups in total. The zero-order chi connectivity index (χ0) is 21.8. The molecule has 3 aromatic carbocycles. The van der Waals surface area contributed by atoms with Crippen molar-refractivity contribution in [2.45, 2.75) is 6.92 Å². The molecule has 0 aliphatic carbocycles. The van der Waals surface area contributed by atoms with Crippen molar-refractivity contribution >= 4 is 29.7 Å². The fraction of sp³-hybridized carbons (Fsp3) is 0.0870. The Bertz CT molecular complexity index is 1180. The summed E-state index contributed by atoms with van der Waals surface area (Å²) in [4.78, 5) is 24.5. The van der Waals surface area contributed by atoms with Crippen LogP contribution in [0.5, 0.6) is 17.2 Å². The lowest BCUT2D eigenvalue weighted by molar-refractivity contribution is 0.0734. The SMILES string of the molecule is Cc1ccc(C(=O)N/N=C\c2ccc(OC(=O)c3ccc4c(c3)OCO4)cc2)c(Cl)c1. The number of nitrogens with zero attached hydrogens (tertiary/aromatic N) is 1. The molecule has 0 atom stereocenters. The van der Waals surface area contributed by atoms with Gasteiger partial charge in [-0.15, -0.1) is 0 Å². The minimum atomic E-state index is -0.512. The number of carbonyl (C=O) groups excluding carboxylic acids is 2. The average molecular weight is 437 g/mol. The Hall–Kier alpha value is -3.84. The number of nitrogens with one attached hydrogen (secondary N) is 1. The molecule has 0 spiro atoms. The van der Waals surface area contributed by atoms with Crippen LogP contribution in [0.25, 0.3) is 0 Å². The van der Waals surface area contributed by atoms with Crippen LogP contribution >= 0.6 is 11.6 Å². The third kappa shape index (κ3) is 4.84. The number of aryl methyl sites for hydroxylation is 1. The van der Waals surface area contributed by atoms with E-state index in [-0.39, 0.29) is 6.79 Å². The van der Waals surface area contributed by atoms with Crippen LogP contribution in [0.3, 0.4) is 0 Å². The molecule has 1 heterocycles. The first-order chi connectivity index (χ1) is 15.0. The Labute approximate surface area is 183 Å². The van der Waals surface area contributed by atoms with Gasteiger partial charge in [-0.2, -0.15) is 5.10 Å². The number of carbonyl (C=O) groups is 2. The van der Waals surface area contributed by atoms with Crippen molar-refractivity contribution in [3.8, 4) is 17.2 Å². The summed E-state index contributed by atoms with van der Waals surface area (Å²) in [6.07, 6.45) is 1.48. The summed E-state index contributed by atoms with van der Waals surface area (Å²) in [5.41, 5.74) is 4.80. The molecule has 7 nitrogen and oxygen atoms in total. The molecule has 0 aromatic heterocycles. The second kappa shape index (κ2) is 8.89.